The Bertz CT molecular complexity index is 426. The van der Waals surface area contributed by atoms with Crippen molar-refractivity contribution in [2.24, 2.45) is 0 Å². The lowest BCUT2D eigenvalue weighted by Crippen LogP contribution is -2.35. The molecule has 0 saturated heterocycles. The van der Waals surface area contributed by atoms with Crippen LogP contribution in [0.4, 0.5) is 5.95 Å². The number of nitrogens with one attached hydrogen (secondary N) is 1. The van der Waals surface area contributed by atoms with E-state index in [9.17, 15) is 0 Å². The summed E-state index contributed by atoms with van der Waals surface area (Å²) in [7, 11) is 3.42. The smallest absolute Gasteiger partial charge is 0.203 e. The minimum absolute atomic E-state index is 0.189. The predicted octanol–water partition coefficient (Wildman–Crippen LogP) is 1.74. The lowest BCUT2D eigenvalue weighted by atomic mass is 10.00. The molecule has 1 aromatic rings. The largest absolute Gasteiger partial charge is 0.356 e. The Morgan fingerprint density at radius 2 is 2.06 bits per heavy atom. The van der Waals surface area contributed by atoms with Crippen LogP contribution in [0.1, 0.15) is 36.7 Å². The zero-order valence-electron chi connectivity index (χ0n) is 11.1. The summed E-state index contributed by atoms with van der Waals surface area (Å²) >= 11 is 0. The van der Waals surface area contributed by atoms with E-state index in [1.807, 2.05) is 0 Å². The van der Waals surface area contributed by atoms with Gasteiger partial charge in [0, 0.05) is 26.5 Å². The van der Waals surface area contributed by atoms with Gasteiger partial charge in [0.05, 0.1) is 11.7 Å². The number of aryl methyl sites for hydroxylation is 1. The molecular weight excluding hydrogens is 230 g/mol. The summed E-state index contributed by atoms with van der Waals surface area (Å²) in [6, 6.07) is 0.241. The van der Waals surface area contributed by atoms with Gasteiger partial charge in [-0.2, -0.15) is 0 Å². The third-order valence-electron chi connectivity index (χ3n) is 4.00. The van der Waals surface area contributed by atoms with E-state index in [2.05, 4.69) is 9.88 Å². The second kappa shape index (κ2) is 4.90. The average molecular weight is 251 g/mol. The second-order valence-electron chi connectivity index (χ2n) is 5.03. The Morgan fingerprint density at radius 3 is 2.83 bits per heavy atom. The highest BCUT2D eigenvalue weighted by Crippen LogP contribution is 2.34. The van der Waals surface area contributed by atoms with Crippen LogP contribution < -0.4 is 5.32 Å². The van der Waals surface area contributed by atoms with E-state index in [1.165, 1.54) is 24.2 Å². The summed E-state index contributed by atoms with van der Waals surface area (Å²) in [6.45, 7) is 0.934. The maximum absolute atomic E-state index is 5.46. The Kier molecular flexibility index (Phi) is 3.26. The molecule has 1 aromatic heterocycles. The van der Waals surface area contributed by atoms with E-state index < -0.39 is 0 Å². The normalized spacial score (nSPS) is 22.5. The van der Waals surface area contributed by atoms with Gasteiger partial charge in [-0.3, -0.25) is 0 Å². The molecule has 18 heavy (non-hydrogen) atoms. The molecular formula is C13H21N3O2. The van der Waals surface area contributed by atoms with Crippen LogP contribution in [0.2, 0.25) is 0 Å². The summed E-state index contributed by atoms with van der Waals surface area (Å²) in [4.78, 5) is 4.73. The molecule has 0 fully saturated rings. The highest BCUT2D eigenvalue weighted by molar-refractivity contribution is 5.38. The van der Waals surface area contributed by atoms with Crippen molar-refractivity contribution < 1.29 is 9.47 Å². The number of fused-ring (bicyclic) bond motifs is 3. The first kappa shape index (κ1) is 12.0. The molecule has 1 aliphatic carbocycles. The van der Waals surface area contributed by atoms with Gasteiger partial charge in [-0.15, -0.1) is 0 Å². The Balaban J connectivity index is 2.00. The van der Waals surface area contributed by atoms with E-state index in [1.54, 1.807) is 14.2 Å². The molecule has 100 valence electrons. The Labute approximate surface area is 107 Å². The molecule has 1 atom stereocenters. The van der Waals surface area contributed by atoms with Crippen LogP contribution in [0.15, 0.2) is 0 Å². The van der Waals surface area contributed by atoms with Crippen LogP contribution in [-0.4, -0.2) is 36.6 Å². The molecule has 0 bridgehead atoms. The SMILES string of the molecule is COC(OC)C1CCNc2nc3c(n21)CCCC3. The summed E-state index contributed by atoms with van der Waals surface area (Å²) < 4.78 is 13.2. The average Bonchev–Trinajstić information content (AvgIpc) is 2.79. The van der Waals surface area contributed by atoms with E-state index in [4.69, 9.17) is 14.5 Å². The van der Waals surface area contributed by atoms with Gasteiger partial charge < -0.3 is 19.4 Å². The van der Waals surface area contributed by atoms with Gasteiger partial charge in [-0.1, -0.05) is 0 Å². The second-order valence-corrected chi connectivity index (χ2v) is 5.03. The molecule has 1 aliphatic heterocycles. The molecule has 1 N–H and O–H groups in total. The van der Waals surface area contributed by atoms with Crippen molar-refractivity contribution in [3.05, 3.63) is 11.4 Å². The van der Waals surface area contributed by atoms with Gasteiger partial charge in [0.15, 0.2) is 6.29 Å². The third kappa shape index (κ3) is 1.82. The van der Waals surface area contributed by atoms with Gasteiger partial charge in [0.2, 0.25) is 5.95 Å². The maximum Gasteiger partial charge on any atom is 0.203 e. The summed E-state index contributed by atoms with van der Waals surface area (Å²) in [6.07, 6.45) is 5.57. The topological polar surface area (TPSA) is 48.3 Å². The van der Waals surface area contributed by atoms with Crippen molar-refractivity contribution in [1.82, 2.24) is 9.55 Å². The van der Waals surface area contributed by atoms with Crippen molar-refractivity contribution in [2.75, 3.05) is 26.1 Å². The monoisotopic (exact) mass is 251 g/mol. The van der Waals surface area contributed by atoms with Gasteiger partial charge in [-0.05, 0) is 32.1 Å². The number of ether oxygens (including phenoxy) is 2. The van der Waals surface area contributed by atoms with Crippen LogP contribution in [0.25, 0.3) is 0 Å². The Morgan fingerprint density at radius 1 is 1.28 bits per heavy atom. The first-order valence-electron chi connectivity index (χ1n) is 6.74. The lowest BCUT2D eigenvalue weighted by molar-refractivity contribution is -0.133. The van der Waals surface area contributed by atoms with Crippen molar-refractivity contribution in [1.29, 1.82) is 0 Å². The summed E-state index contributed by atoms with van der Waals surface area (Å²) in [5.74, 6) is 0.997. The van der Waals surface area contributed by atoms with E-state index in [0.717, 1.165) is 31.8 Å². The van der Waals surface area contributed by atoms with Gasteiger partial charge in [0.25, 0.3) is 0 Å². The maximum atomic E-state index is 5.46. The molecule has 0 spiro atoms. The molecule has 2 aliphatic rings. The van der Waals surface area contributed by atoms with Crippen LogP contribution in [-0.2, 0) is 22.3 Å². The number of hydrogen-bond acceptors (Lipinski definition) is 4. The number of rotatable bonds is 3. The number of hydrogen-bond donors (Lipinski definition) is 1. The van der Waals surface area contributed by atoms with Crippen molar-refractivity contribution in [3.8, 4) is 0 Å². The van der Waals surface area contributed by atoms with Crippen molar-refractivity contribution in [3.63, 3.8) is 0 Å². The molecule has 3 rings (SSSR count). The number of nitrogens with zero attached hydrogens (tertiary/aromatic N) is 2. The molecule has 0 aromatic carbocycles. The number of imidazole rings is 1. The fraction of sp³-hybridized carbons (Fsp3) is 0.769. The zero-order chi connectivity index (χ0) is 12.5. The van der Waals surface area contributed by atoms with Gasteiger partial charge >= 0.3 is 0 Å². The molecule has 1 unspecified atom stereocenters. The molecule has 2 heterocycles. The number of aromatic nitrogens is 2. The number of anilines is 1. The fourth-order valence-corrected chi connectivity index (χ4v) is 3.17. The minimum atomic E-state index is -0.189. The van der Waals surface area contributed by atoms with Crippen molar-refractivity contribution in [2.45, 2.75) is 44.4 Å². The van der Waals surface area contributed by atoms with E-state index >= 15 is 0 Å². The predicted molar refractivity (Wildman–Crippen MR) is 68.8 cm³/mol. The highest BCUT2D eigenvalue weighted by atomic mass is 16.7. The summed E-state index contributed by atoms with van der Waals surface area (Å²) in [5.41, 5.74) is 2.65. The Hall–Kier alpha value is -1.07. The minimum Gasteiger partial charge on any atom is -0.356 e. The zero-order valence-corrected chi connectivity index (χ0v) is 11.1. The lowest BCUT2D eigenvalue weighted by Gasteiger charge is -2.32. The summed E-state index contributed by atoms with van der Waals surface area (Å²) in [5, 5.41) is 3.39. The van der Waals surface area contributed by atoms with Crippen LogP contribution in [0, 0.1) is 0 Å². The molecule has 0 radical (unpaired) electrons. The highest BCUT2D eigenvalue weighted by Gasteiger charge is 2.32. The fourth-order valence-electron chi connectivity index (χ4n) is 3.17. The first-order valence-corrected chi connectivity index (χ1v) is 6.74. The third-order valence-corrected chi connectivity index (χ3v) is 4.00. The van der Waals surface area contributed by atoms with Gasteiger partial charge in [-0.25, -0.2) is 4.98 Å². The van der Waals surface area contributed by atoms with Crippen LogP contribution in [0.3, 0.4) is 0 Å². The number of methoxy groups -OCH3 is 2. The standard InChI is InChI=1S/C13H21N3O2/c1-17-12(18-2)11-7-8-14-13-15-9-5-3-4-6-10(9)16(11)13/h11-12H,3-8H2,1-2H3,(H,14,15). The van der Waals surface area contributed by atoms with Crippen LogP contribution in [0.5, 0.6) is 0 Å². The quantitative estimate of drug-likeness (QED) is 0.831. The molecule has 5 nitrogen and oxygen atoms in total. The van der Waals surface area contributed by atoms with E-state index in [-0.39, 0.29) is 12.3 Å². The van der Waals surface area contributed by atoms with Crippen molar-refractivity contribution >= 4 is 5.95 Å². The first-order chi connectivity index (χ1) is 8.85. The van der Waals surface area contributed by atoms with E-state index in [0.29, 0.717) is 0 Å². The molecule has 0 saturated carbocycles. The molecule has 0 amide bonds. The molecule has 5 heteroatoms. The van der Waals surface area contributed by atoms with Gasteiger partial charge in [0.1, 0.15) is 0 Å². The van der Waals surface area contributed by atoms with Crippen LogP contribution >= 0.6 is 0 Å².